The molecular formula is C16H24N2O3. The highest BCUT2D eigenvalue weighted by Gasteiger charge is 2.45. The summed E-state index contributed by atoms with van der Waals surface area (Å²) in [5.41, 5.74) is 0.903. The van der Waals surface area contributed by atoms with Gasteiger partial charge in [-0.25, -0.2) is 0 Å². The summed E-state index contributed by atoms with van der Waals surface area (Å²) in [5.74, 6) is 0.935. The topological polar surface area (TPSA) is 64.4 Å². The Balaban J connectivity index is 2.16. The number of nitrogens with one attached hydrogen (secondary N) is 1. The first-order chi connectivity index (χ1) is 10.00. The molecule has 0 unspecified atom stereocenters. The van der Waals surface area contributed by atoms with E-state index in [-0.39, 0.29) is 10.6 Å². The van der Waals surface area contributed by atoms with Gasteiger partial charge in [-0.1, -0.05) is 26.8 Å². The second-order valence-corrected chi connectivity index (χ2v) is 6.13. The van der Waals surface area contributed by atoms with E-state index in [0.717, 1.165) is 13.0 Å². The van der Waals surface area contributed by atoms with Crippen molar-refractivity contribution in [2.75, 3.05) is 18.5 Å². The predicted octanol–water partition coefficient (Wildman–Crippen LogP) is 4.23. The van der Waals surface area contributed by atoms with E-state index in [2.05, 4.69) is 19.2 Å². The molecule has 0 bridgehead atoms. The summed E-state index contributed by atoms with van der Waals surface area (Å²) in [6, 6.07) is 5.22. The van der Waals surface area contributed by atoms with Crippen LogP contribution in [0.4, 0.5) is 11.4 Å². The molecule has 2 rings (SSSR count). The highest BCUT2D eigenvalue weighted by atomic mass is 16.6. The van der Waals surface area contributed by atoms with Crippen LogP contribution >= 0.6 is 0 Å². The highest BCUT2D eigenvalue weighted by Crippen LogP contribution is 2.52. The Morgan fingerprint density at radius 1 is 1.43 bits per heavy atom. The zero-order chi connectivity index (χ0) is 15.5. The van der Waals surface area contributed by atoms with Crippen molar-refractivity contribution in [2.24, 2.45) is 11.3 Å². The van der Waals surface area contributed by atoms with E-state index in [4.69, 9.17) is 4.74 Å². The zero-order valence-corrected chi connectivity index (χ0v) is 13.0. The maximum absolute atomic E-state index is 11.4. The molecule has 21 heavy (non-hydrogen) atoms. The molecule has 1 aromatic carbocycles. The first-order valence-electron chi connectivity index (χ1n) is 7.64. The molecule has 116 valence electrons. The summed E-state index contributed by atoms with van der Waals surface area (Å²) >= 11 is 0. The van der Waals surface area contributed by atoms with Crippen LogP contribution in [0.1, 0.15) is 40.0 Å². The van der Waals surface area contributed by atoms with Crippen LogP contribution in [0.15, 0.2) is 18.2 Å². The van der Waals surface area contributed by atoms with Crippen molar-refractivity contribution >= 4 is 11.4 Å². The summed E-state index contributed by atoms with van der Waals surface area (Å²) in [7, 11) is 0. The lowest BCUT2D eigenvalue weighted by Crippen LogP contribution is -2.21. The van der Waals surface area contributed by atoms with E-state index >= 15 is 0 Å². The monoisotopic (exact) mass is 292 g/mol. The SMILES string of the molecule is CCCOc1cccc(NCC2(C(C)C)CC2)c1[N+](=O)[O-]. The molecule has 5 heteroatoms. The third-order valence-corrected chi connectivity index (χ3v) is 4.39. The van der Waals surface area contributed by atoms with E-state index in [9.17, 15) is 10.1 Å². The van der Waals surface area contributed by atoms with E-state index < -0.39 is 0 Å². The highest BCUT2D eigenvalue weighted by molar-refractivity contribution is 5.68. The number of rotatable bonds is 8. The number of anilines is 1. The minimum atomic E-state index is -0.359. The van der Waals surface area contributed by atoms with Crippen LogP contribution in [0.2, 0.25) is 0 Å². The molecule has 0 heterocycles. The molecule has 1 saturated carbocycles. The molecule has 1 aliphatic rings. The smallest absolute Gasteiger partial charge is 0.333 e. The number of hydrogen-bond acceptors (Lipinski definition) is 4. The van der Waals surface area contributed by atoms with Gasteiger partial charge in [0.2, 0.25) is 0 Å². The fourth-order valence-corrected chi connectivity index (χ4v) is 2.57. The molecule has 0 atom stereocenters. The van der Waals surface area contributed by atoms with Crippen LogP contribution in [0.25, 0.3) is 0 Å². The minimum Gasteiger partial charge on any atom is -0.487 e. The van der Waals surface area contributed by atoms with E-state index in [1.54, 1.807) is 18.2 Å². The lowest BCUT2D eigenvalue weighted by molar-refractivity contribution is -0.385. The van der Waals surface area contributed by atoms with Crippen molar-refractivity contribution in [2.45, 2.75) is 40.0 Å². The van der Waals surface area contributed by atoms with Crippen molar-refractivity contribution in [3.63, 3.8) is 0 Å². The lowest BCUT2D eigenvalue weighted by Gasteiger charge is -2.21. The van der Waals surface area contributed by atoms with Gasteiger partial charge in [0.05, 0.1) is 11.5 Å². The van der Waals surface area contributed by atoms with Crippen LogP contribution in [0, 0.1) is 21.4 Å². The maximum atomic E-state index is 11.4. The van der Waals surface area contributed by atoms with Crippen molar-refractivity contribution in [3.05, 3.63) is 28.3 Å². The number of nitro groups is 1. The number of hydrogen-bond donors (Lipinski definition) is 1. The van der Waals surface area contributed by atoms with Gasteiger partial charge in [-0.05, 0) is 42.7 Å². The quantitative estimate of drug-likeness (QED) is 0.575. The molecule has 1 fully saturated rings. The molecule has 0 saturated heterocycles. The second kappa shape index (κ2) is 6.33. The van der Waals surface area contributed by atoms with Gasteiger partial charge in [0.1, 0.15) is 5.69 Å². The first-order valence-corrected chi connectivity index (χ1v) is 7.64. The van der Waals surface area contributed by atoms with E-state index in [1.165, 1.54) is 12.8 Å². The van der Waals surface area contributed by atoms with Crippen molar-refractivity contribution in [3.8, 4) is 5.75 Å². The van der Waals surface area contributed by atoms with Gasteiger partial charge in [0.15, 0.2) is 5.75 Å². The van der Waals surface area contributed by atoms with E-state index in [1.807, 2.05) is 6.92 Å². The summed E-state index contributed by atoms with van der Waals surface area (Å²) < 4.78 is 5.50. The summed E-state index contributed by atoms with van der Waals surface area (Å²) in [6.07, 6.45) is 3.21. The molecular weight excluding hydrogens is 268 g/mol. The lowest BCUT2D eigenvalue weighted by atomic mass is 9.92. The van der Waals surface area contributed by atoms with Crippen LogP contribution in [0.3, 0.4) is 0 Å². The molecule has 0 spiro atoms. The molecule has 1 aliphatic carbocycles. The summed E-state index contributed by atoms with van der Waals surface area (Å²) in [6.45, 7) is 7.67. The molecule has 1 aromatic rings. The first kappa shape index (κ1) is 15.6. The van der Waals surface area contributed by atoms with Gasteiger partial charge < -0.3 is 10.1 Å². The molecule has 5 nitrogen and oxygen atoms in total. The second-order valence-electron chi connectivity index (χ2n) is 6.13. The molecule has 1 N–H and O–H groups in total. The number of ether oxygens (including phenoxy) is 1. The Hall–Kier alpha value is -1.78. The van der Waals surface area contributed by atoms with Crippen molar-refractivity contribution in [1.82, 2.24) is 0 Å². The van der Waals surface area contributed by atoms with Crippen LogP contribution in [0.5, 0.6) is 5.75 Å². The normalized spacial score (nSPS) is 15.8. The molecule has 0 amide bonds. The Labute approximate surface area is 125 Å². The maximum Gasteiger partial charge on any atom is 0.333 e. The fourth-order valence-electron chi connectivity index (χ4n) is 2.57. The average Bonchev–Trinajstić information content (AvgIpc) is 3.23. The van der Waals surface area contributed by atoms with Gasteiger partial charge in [-0.3, -0.25) is 10.1 Å². The third kappa shape index (κ3) is 3.46. The summed E-state index contributed by atoms with van der Waals surface area (Å²) in [4.78, 5) is 11.0. The van der Waals surface area contributed by atoms with Gasteiger partial charge in [-0.15, -0.1) is 0 Å². The number of para-hydroxylation sites is 1. The van der Waals surface area contributed by atoms with Crippen molar-refractivity contribution < 1.29 is 9.66 Å². The fraction of sp³-hybridized carbons (Fsp3) is 0.625. The van der Waals surface area contributed by atoms with Gasteiger partial charge >= 0.3 is 5.69 Å². The summed E-state index contributed by atoms with van der Waals surface area (Å²) in [5, 5.41) is 14.6. The molecule has 0 aromatic heterocycles. The minimum absolute atomic E-state index is 0.0468. The van der Waals surface area contributed by atoms with Crippen LogP contribution in [-0.4, -0.2) is 18.1 Å². The van der Waals surface area contributed by atoms with Crippen LogP contribution in [-0.2, 0) is 0 Å². The largest absolute Gasteiger partial charge is 0.487 e. The number of nitro benzene ring substituents is 1. The van der Waals surface area contributed by atoms with Gasteiger partial charge in [-0.2, -0.15) is 0 Å². The predicted molar refractivity (Wildman–Crippen MR) is 83.9 cm³/mol. The van der Waals surface area contributed by atoms with Gasteiger partial charge in [0.25, 0.3) is 0 Å². The van der Waals surface area contributed by atoms with Crippen molar-refractivity contribution in [1.29, 1.82) is 0 Å². The molecule has 0 aliphatic heterocycles. The Morgan fingerprint density at radius 2 is 2.14 bits per heavy atom. The molecule has 0 radical (unpaired) electrons. The third-order valence-electron chi connectivity index (χ3n) is 4.39. The Morgan fingerprint density at radius 3 is 2.67 bits per heavy atom. The van der Waals surface area contributed by atoms with Gasteiger partial charge in [0, 0.05) is 6.54 Å². The standard InChI is InChI=1S/C16H24N2O3/c1-4-10-21-14-7-5-6-13(15(14)18(19)20)17-11-16(8-9-16)12(2)3/h5-7,12,17H,4,8-11H2,1-3H3. The number of nitrogens with zero attached hydrogens (tertiary/aromatic N) is 1. The Bertz CT molecular complexity index is 510. The Kier molecular flexibility index (Phi) is 4.70. The number of benzene rings is 1. The van der Waals surface area contributed by atoms with Crippen LogP contribution < -0.4 is 10.1 Å². The average molecular weight is 292 g/mol. The zero-order valence-electron chi connectivity index (χ0n) is 13.0. The van der Waals surface area contributed by atoms with E-state index in [0.29, 0.717) is 29.4 Å².